The van der Waals surface area contributed by atoms with Crippen molar-refractivity contribution in [3.8, 4) is 0 Å². The molecule has 3 aromatic rings. The van der Waals surface area contributed by atoms with Crippen molar-refractivity contribution in [1.29, 1.82) is 0 Å². The second-order valence-corrected chi connectivity index (χ2v) is 8.28. The molecule has 5 heteroatoms. The Bertz CT molecular complexity index is 1030. The number of thioether (sulfide) groups is 1. The lowest BCUT2D eigenvalue weighted by Gasteiger charge is -2.28. The molecule has 1 amide bonds. The molecule has 30 heavy (non-hydrogen) atoms. The van der Waals surface area contributed by atoms with Crippen molar-refractivity contribution in [3.05, 3.63) is 101 Å². The highest BCUT2D eigenvalue weighted by atomic mass is 32.2. The van der Waals surface area contributed by atoms with Crippen LogP contribution in [0, 0.1) is 0 Å². The molecule has 0 saturated carbocycles. The second kappa shape index (κ2) is 9.74. The lowest BCUT2D eigenvalue weighted by molar-refractivity contribution is 0.0955. The summed E-state index contributed by atoms with van der Waals surface area (Å²) in [6.07, 6.45) is 4.79. The molecule has 0 fully saturated rings. The van der Waals surface area contributed by atoms with Crippen LogP contribution in [-0.4, -0.2) is 29.8 Å². The first-order valence-electron chi connectivity index (χ1n) is 10.1. The summed E-state index contributed by atoms with van der Waals surface area (Å²) in [5.41, 5.74) is 8.25. The van der Waals surface area contributed by atoms with Crippen LogP contribution < -0.4 is 5.43 Å². The zero-order chi connectivity index (χ0) is 20.8. The molecule has 0 radical (unpaired) electrons. The van der Waals surface area contributed by atoms with Gasteiger partial charge >= 0.3 is 0 Å². The number of nitrogens with one attached hydrogen (secondary N) is 1. The van der Waals surface area contributed by atoms with E-state index in [-0.39, 0.29) is 5.91 Å². The zero-order valence-corrected chi connectivity index (χ0v) is 17.9. The highest BCUT2D eigenvalue weighted by Crippen LogP contribution is 2.20. The molecule has 0 aromatic heterocycles. The maximum absolute atomic E-state index is 12.3. The predicted molar refractivity (Wildman–Crippen MR) is 124 cm³/mol. The van der Waals surface area contributed by atoms with Gasteiger partial charge in [-0.3, -0.25) is 9.69 Å². The van der Waals surface area contributed by atoms with Crippen molar-refractivity contribution >= 4 is 23.9 Å². The SMILES string of the molecule is CSc1ccc(C=NNC(=O)c2ccc(CN3CCc4ccccc4C3)cc2)cc1. The van der Waals surface area contributed by atoms with Gasteiger partial charge in [0.15, 0.2) is 0 Å². The van der Waals surface area contributed by atoms with Gasteiger partial charge in [0.1, 0.15) is 0 Å². The number of rotatable bonds is 6. The van der Waals surface area contributed by atoms with E-state index >= 15 is 0 Å². The summed E-state index contributed by atoms with van der Waals surface area (Å²) in [4.78, 5) is 16.0. The van der Waals surface area contributed by atoms with Gasteiger partial charge in [-0.05, 0) is 59.2 Å². The van der Waals surface area contributed by atoms with Crippen LogP contribution in [0.2, 0.25) is 0 Å². The van der Waals surface area contributed by atoms with Gasteiger partial charge in [0.05, 0.1) is 6.21 Å². The molecular formula is C25H25N3OS. The maximum Gasteiger partial charge on any atom is 0.271 e. The number of nitrogens with zero attached hydrogens (tertiary/aromatic N) is 2. The summed E-state index contributed by atoms with van der Waals surface area (Å²) in [5, 5.41) is 4.07. The van der Waals surface area contributed by atoms with E-state index in [9.17, 15) is 4.79 Å². The van der Waals surface area contributed by atoms with Crippen LogP contribution in [0.25, 0.3) is 0 Å². The molecule has 1 N–H and O–H groups in total. The van der Waals surface area contributed by atoms with E-state index in [0.29, 0.717) is 5.56 Å². The third-order valence-corrected chi connectivity index (χ3v) is 6.07. The van der Waals surface area contributed by atoms with Gasteiger partial charge in [0.25, 0.3) is 5.91 Å². The molecule has 0 bridgehead atoms. The summed E-state index contributed by atoms with van der Waals surface area (Å²) in [5.74, 6) is -0.203. The van der Waals surface area contributed by atoms with Gasteiger partial charge in [0, 0.05) is 30.1 Å². The first kappa shape index (κ1) is 20.4. The highest BCUT2D eigenvalue weighted by Gasteiger charge is 2.15. The molecule has 4 rings (SSSR count). The van der Waals surface area contributed by atoms with Crippen molar-refractivity contribution in [2.24, 2.45) is 5.10 Å². The molecule has 1 heterocycles. The fourth-order valence-corrected chi connectivity index (χ4v) is 4.04. The average Bonchev–Trinajstić information content (AvgIpc) is 2.80. The summed E-state index contributed by atoms with van der Waals surface area (Å²) in [7, 11) is 0. The largest absolute Gasteiger partial charge is 0.294 e. The molecule has 1 aliphatic rings. The van der Waals surface area contributed by atoms with Crippen molar-refractivity contribution in [3.63, 3.8) is 0 Å². The van der Waals surface area contributed by atoms with E-state index in [1.807, 2.05) is 54.8 Å². The van der Waals surface area contributed by atoms with E-state index in [2.05, 4.69) is 39.7 Å². The van der Waals surface area contributed by atoms with Gasteiger partial charge in [-0.2, -0.15) is 5.10 Å². The number of fused-ring (bicyclic) bond motifs is 1. The van der Waals surface area contributed by atoms with E-state index in [1.165, 1.54) is 21.6 Å². The van der Waals surface area contributed by atoms with Crippen LogP contribution in [0.3, 0.4) is 0 Å². The quantitative estimate of drug-likeness (QED) is 0.360. The number of hydrogen-bond acceptors (Lipinski definition) is 4. The van der Waals surface area contributed by atoms with Gasteiger partial charge in [0.2, 0.25) is 0 Å². The third-order valence-electron chi connectivity index (χ3n) is 5.33. The zero-order valence-electron chi connectivity index (χ0n) is 17.0. The summed E-state index contributed by atoms with van der Waals surface area (Å²) in [6.45, 7) is 2.93. The van der Waals surface area contributed by atoms with Crippen LogP contribution in [0.1, 0.15) is 32.6 Å². The summed E-state index contributed by atoms with van der Waals surface area (Å²) in [6, 6.07) is 24.5. The topological polar surface area (TPSA) is 44.7 Å². The minimum Gasteiger partial charge on any atom is -0.294 e. The Kier molecular flexibility index (Phi) is 6.62. The molecule has 0 unspecified atom stereocenters. The molecule has 1 aliphatic heterocycles. The summed E-state index contributed by atoms with van der Waals surface area (Å²) < 4.78 is 0. The van der Waals surface area contributed by atoms with E-state index in [1.54, 1.807) is 18.0 Å². The van der Waals surface area contributed by atoms with Crippen molar-refractivity contribution < 1.29 is 4.79 Å². The number of benzene rings is 3. The van der Waals surface area contributed by atoms with Crippen molar-refractivity contribution in [2.75, 3.05) is 12.8 Å². The van der Waals surface area contributed by atoms with Crippen molar-refractivity contribution in [2.45, 2.75) is 24.4 Å². The fourth-order valence-electron chi connectivity index (χ4n) is 3.63. The number of hydrazone groups is 1. The maximum atomic E-state index is 12.3. The van der Waals surface area contributed by atoms with Crippen LogP contribution in [0.4, 0.5) is 0 Å². The summed E-state index contributed by atoms with van der Waals surface area (Å²) >= 11 is 1.70. The Hall–Kier alpha value is -2.89. The lowest BCUT2D eigenvalue weighted by Crippen LogP contribution is -2.30. The minimum atomic E-state index is -0.203. The Balaban J connectivity index is 1.30. The standard InChI is InChI=1S/C25H25N3OS/c1-30-24-12-8-19(9-13-24)16-26-27-25(29)22-10-6-20(7-11-22)17-28-15-14-21-4-2-3-5-23(21)18-28/h2-13,16H,14-15,17-18H2,1H3,(H,27,29). The number of amides is 1. The molecule has 0 atom stereocenters. The Morgan fingerprint density at radius 3 is 2.50 bits per heavy atom. The molecule has 0 spiro atoms. The second-order valence-electron chi connectivity index (χ2n) is 7.40. The number of hydrogen-bond donors (Lipinski definition) is 1. The molecule has 3 aromatic carbocycles. The Labute approximate surface area is 182 Å². The van der Waals surface area contributed by atoms with Gasteiger partial charge in [-0.1, -0.05) is 48.5 Å². The number of carbonyl (C=O) groups excluding carboxylic acids is 1. The molecular weight excluding hydrogens is 390 g/mol. The Morgan fingerprint density at radius 1 is 1.03 bits per heavy atom. The third kappa shape index (κ3) is 5.17. The smallest absolute Gasteiger partial charge is 0.271 e. The van der Waals surface area contributed by atoms with E-state index in [4.69, 9.17) is 0 Å². The minimum absolute atomic E-state index is 0.203. The van der Waals surface area contributed by atoms with Crippen LogP contribution >= 0.6 is 11.8 Å². The molecule has 0 aliphatic carbocycles. The van der Waals surface area contributed by atoms with Crippen LogP contribution in [0.15, 0.2) is 82.8 Å². The first-order chi connectivity index (χ1) is 14.7. The van der Waals surface area contributed by atoms with E-state index < -0.39 is 0 Å². The van der Waals surface area contributed by atoms with E-state index in [0.717, 1.165) is 31.6 Å². The monoisotopic (exact) mass is 415 g/mol. The number of carbonyl (C=O) groups is 1. The average molecular weight is 416 g/mol. The van der Waals surface area contributed by atoms with Crippen LogP contribution in [0.5, 0.6) is 0 Å². The Morgan fingerprint density at radius 2 is 1.77 bits per heavy atom. The normalized spacial score (nSPS) is 13.9. The predicted octanol–water partition coefficient (Wildman–Crippen LogP) is 4.73. The van der Waals surface area contributed by atoms with Gasteiger partial charge < -0.3 is 0 Å². The van der Waals surface area contributed by atoms with Crippen molar-refractivity contribution in [1.82, 2.24) is 10.3 Å². The van der Waals surface area contributed by atoms with Crippen LogP contribution in [-0.2, 0) is 19.5 Å². The lowest BCUT2D eigenvalue weighted by atomic mass is 9.99. The molecule has 4 nitrogen and oxygen atoms in total. The first-order valence-corrected chi connectivity index (χ1v) is 11.3. The molecule has 0 saturated heterocycles. The fraction of sp³-hybridized carbons (Fsp3) is 0.200. The van der Waals surface area contributed by atoms with Gasteiger partial charge in [-0.25, -0.2) is 5.43 Å². The van der Waals surface area contributed by atoms with Gasteiger partial charge in [-0.15, -0.1) is 11.8 Å². The highest BCUT2D eigenvalue weighted by molar-refractivity contribution is 7.98. The molecule has 152 valence electrons.